The molecule has 9 heteroatoms. The van der Waals surface area contributed by atoms with Crippen molar-refractivity contribution < 1.29 is 13.3 Å². The smallest absolute Gasteiger partial charge is 0.270 e. The van der Waals surface area contributed by atoms with Crippen LogP contribution < -0.4 is 5.43 Å². The van der Waals surface area contributed by atoms with Gasteiger partial charge in [0, 0.05) is 25.2 Å². The normalized spacial score (nSPS) is 12.2. The number of non-ortho nitro benzene ring substituents is 1. The average Bonchev–Trinajstić information content (AvgIpc) is 2.72. The van der Waals surface area contributed by atoms with Crippen LogP contribution in [0, 0.1) is 10.1 Å². The molecule has 0 amide bonds. The van der Waals surface area contributed by atoms with Crippen LogP contribution in [0.1, 0.15) is 39.2 Å². The van der Waals surface area contributed by atoms with Crippen molar-refractivity contribution in [1.29, 1.82) is 0 Å². The maximum atomic E-state index is 13.0. The topological polar surface area (TPSA) is 105 Å². The van der Waals surface area contributed by atoms with Crippen molar-refractivity contribution >= 4 is 27.1 Å². The largest absolute Gasteiger partial charge is 0.277 e. The molecule has 0 saturated heterocycles. The summed E-state index contributed by atoms with van der Waals surface area (Å²) < 4.78 is 27.3. The Kier molecular flexibility index (Phi) is 7.86. The van der Waals surface area contributed by atoms with Crippen LogP contribution in [0.2, 0.25) is 0 Å². The zero-order valence-electron chi connectivity index (χ0n) is 16.8. The molecule has 0 spiro atoms. The molecule has 0 aliphatic heterocycles. The molecule has 1 N–H and O–H groups in total. The zero-order valence-corrected chi connectivity index (χ0v) is 17.6. The van der Waals surface area contributed by atoms with Crippen molar-refractivity contribution in [2.75, 3.05) is 18.5 Å². The first-order valence-corrected chi connectivity index (χ1v) is 11.0. The van der Waals surface area contributed by atoms with E-state index in [-0.39, 0.29) is 29.4 Å². The summed E-state index contributed by atoms with van der Waals surface area (Å²) >= 11 is 0. The van der Waals surface area contributed by atoms with Crippen LogP contribution in [0.15, 0.2) is 58.5 Å². The second-order valence-corrected chi connectivity index (χ2v) is 8.22. The van der Waals surface area contributed by atoms with Crippen molar-refractivity contribution in [1.82, 2.24) is 4.31 Å². The molecular weight excluding hydrogens is 392 g/mol. The number of sulfonamides is 1. The minimum absolute atomic E-state index is 0.164. The Balaban J connectivity index is 2.53. The van der Waals surface area contributed by atoms with Gasteiger partial charge in [0.05, 0.1) is 16.3 Å². The van der Waals surface area contributed by atoms with E-state index in [1.54, 1.807) is 13.8 Å². The first-order chi connectivity index (χ1) is 13.8. The Morgan fingerprint density at radius 2 is 1.76 bits per heavy atom. The third kappa shape index (κ3) is 5.39. The summed E-state index contributed by atoms with van der Waals surface area (Å²) in [5.74, 6) is 0. The van der Waals surface area contributed by atoms with Gasteiger partial charge in [-0.25, -0.2) is 8.42 Å². The highest BCUT2D eigenvalue weighted by Gasteiger charge is 2.27. The van der Waals surface area contributed by atoms with Crippen LogP contribution in [-0.4, -0.2) is 36.4 Å². The van der Waals surface area contributed by atoms with Gasteiger partial charge in [0.2, 0.25) is 10.0 Å². The monoisotopic (exact) mass is 418 g/mol. The van der Waals surface area contributed by atoms with E-state index in [1.165, 1.54) is 16.4 Å². The number of nitrogens with zero attached hydrogens (tertiary/aromatic N) is 3. The fourth-order valence-electron chi connectivity index (χ4n) is 2.89. The van der Waals surface area contributed by atoms with Gasteiger partial charge in [-0.2, -0.15) is 9.41 Å². The minimum atomic E-state index is -3.92. The third-order valence-corrected chi connectivity index (χ3v) is 6.49. The maximum absolute atomic E-state index is 13.0. The van der Waals surface area contributed by atoms with E-state index in [0.717, 1.165) is 23.8 Å². The van der Waals surface area contributed by atoms with E-state index in [0.29, 0.717) is 6.42 Å². The molecule has 0 bridgehead atoms. The quantitative estimate of drug-likeness (QED) is 0.353. The van der Waals surface area contributed by atoms with Gasteiger partial charge in [-0.3, -0.25) is 15.5 Å². The van der Waals surface area contributed by atoms with Crippen LogP contribution in [0.3, 0.4) is 0 Å². The summed E-state index contributed by atoms with van der Waals surface area (Å²) in [6.07, 6.45) is 1.56. The molecule has 2 aromatic rings. The molecule has 0 atom stereocenters. The number of nitro groups is 1. The predicted octanol–water partition coefficient (Wildman–Crippen LogP) is 4.24. The van der Waals surface area contributed by atoms with E-state index in [1.807, 2.05) is 37.3 Å². The van der Waals surface area contributed by atoms with Crippen molar-refractivity contribution in [2.45, 2.75) is 38.5 Å². The van der Waals surface area contributed by atoms with Gasteiger partial charge in [0.1, 0.15) is 4.90 Å². The lowest BCUT2D eigenvalue weighted by Crippen LogP contribution is -2.31. The van der Waals surface area contributed by atoms with Gasteiger partial charge < -0.3 is 0 Å². The lowest BCUT2D eigenvalue weighted by Gasteiger charge is -2.20. The van der Waals surface area contributed by atoms with Crippen molar-refractivity contribution in [2.24, 2.45) is 5.10 Å². The molecule has 0 aliphatic carbocycles. The van der Waals surface area contributed by atoms with Gasteiger partial charge >= 0.3 is 0 Å². The summed E-state index contributed by atoms with van der Waals surface area (Å²) in [5, 5.41) is 15.6. The Morgan fingerprint density at radius 3 is 2.31 bits per heavy atom. The SMILES string of the molecule is CCCC(=NNc1ccc([N+](=O)[O-])cc1S(=O)(=O)N(CC)CC)c1ccccc1. The molecule has 156 valence electrons. The number of nitrogens with one attached hydrogen (secondary N) is 1. The molecule has 0 saturated carbocycles. The molecule has 0 aliphatic rings. The Hall–Kier alpha value is -2.78. The highest BCUT2D eigenvalue weighted by Crippen LogP contribution is 2.29. The van der Waals surface area contributed by atoms with E-state index >= 15 is 0 Å². The number of hydrazone groups is 1. The van der Waals surface area contributed by atoms with E-state index in [9.17, 15) is 18.5 Å². The lowest BCUT2D eigenvalue weighted by molar-refractivity contribution is -0.385. The second kappa shape index (κ2) is 10.1. The second-order valence-electron chi connectivity index (χ2n) is 6.31. The highest BCUT2D eigenvalue weighted by atomic mass is 32.2. The van der Waals surface area contributed by atoms with Crippen LogP contribution >= 0.6 is 0 Å². The standard InChI is InChI=1S/C20H26N4O4S/c1-4-10-18(16-11-8-7-9-12-16)21-22-19-14-13-17(24(25)26)15-20(19)29(27,28)23(5-2)6-3/h7-9,11-15,22H,4-6,10H2,1-3H3. The molecule has 0 fully saturated rings. The summed E-state index contributed by atoms with van der Waals surface area (Å²) in [4.78, 5) is 10.4. The van der Waals surface area contributed by atoms with Crippen LogP contribution in [0.25, 0.3) is 0 Å². The average molecular weight is 419 g/mol. The Bertz CT molecular complexity index is 971. The van der Waals surface area contributed by atoms with Crippen LogP contribution in [0.4, 0.5) is 11.4 Å². The van der Waals surface area contributed by atoms with Crippen LogP contribution in [-0.2, 0) is 10.0 Å². The van der Waals surface area contributed by atoms with Gasteiger partial charge in [-0.1, -0.05) is 57.5 Å². The van der Waals surface area contributed by atoms with Crippen molar-refractivity contribution in [3.63, 3.8) is 0 Å². The first-order valence-electron chi connectivity index (χ1n) is 9.51. The third-order valence-electron chi connectivity index (χ3n) is 4.40. The predicted molar refractivity (Wildman–Crippen MR) is 115 cm³/mol. The Labute approximate surface area is 171 Å². The summed E-state index contributed by atoms with van der Waals surface area (Å²) in [7, 11) is -3.92. The van der Waals surface area contributed by atoms with Crippen molar-refractivity contribution in [3.05, 3.63) is 64.2 Å². The molecule has 0 aromatic heterocycles. The Morgan fingerprint density at radius 1 is 1.10 bits per heavy atom. The lowest BCUT2D eigenvalue weighted by atomic mass is 10.1. The van der Waals surface area contributed by atoms with Gasteiger partial charge in [-0.05, 0) is 18.1 Å². The fourth-order valence-corrected chi connectivity index (χ4v) is 4.51. The number of hydrogen-bond acceptors (Lipinski definition) is 6. The summed E-state index contributed by atoms with van der Waals surface area (Å²) in [6.45, 7) is 5.99. The minimum Gasteiger partial charge on any atom is -0.277 e. The molecular formula is C20H26N4O4S. The summed E-state index contributed by atoms with van der Waals surface area (Å²) in [5.41, 5.74) is 4.45. The molecule has 2 rings (SSSR count). The zero-order chi connectivity index (χ0) is 21.4. The number of nitro benzene ring substituents is 1. The molecule has 8 nitrogen and oxygen atoms in total. The van der Waals surface area contributed by atoms with Gasteiger partial charge in [0.25, 0.3) is 5.69 Å². The molecule has 0 heterocycles. The van der Waals surface area contributed by atoms with Crippen LogP contribution in [0.5, 0.6) is 0 Å². The number of benzene rings is 2. The fraction of sp³-hybridized carbons (Fsp3) is 0.350. The number of rotatable bonds is 10. The van der Waals surface area contributed by atoms with Crippen molar-refractivity contribution in [3.8, 4) is 0 Å². The van der Waals surface area contributed by atoms with Gasteiger partial charge in [-0.15, -0.1) is 0 Å². The molecule has 29 heavy (non-hydrogen) atoms. The maximum Gasteiger partial charge on any atom is 0.270 e. The van der Waals surface area contributed by atoms with E-state index in [4.69, 9.17) is 0 Å². The molecule has 2 aromatic carbocycles. The highest BCUT2D eigenvalue weighted by molar-refractivity contribution is 7.89. The molecule has 0 unspecified atom stereocenters. The first kappa shape index (κ1) is 22.5. The number of anilines is 1. The van der Waals surface area contributed by atoms with E-state index in [2.05, 4.69) is 10.5 Å². The summed E-state index contributed by atoms with van der Waals surface area (Å²) in [6, 6.07) is 13.3. The number of hydrogen-bond donors (Lipinski definition) is 1. The molecule has 0 radical (unpaired) electrons. The van der Waals surface area contributed by atoms with Gasteiger partial charge in [0.15, 0.2) is 0 Å². The van der Waals surface area contributed by atoms with E-state index < -0.39 is 14.9 Å².